The summed E-state index contributed by atoms with van der Waals surface area (Å²) >= 11 is 0. The van der Waals surface area contributed by atoms with Gasteiger partial charge >= 0.3 is 0 Å². The molecule has 0 fully saturated rings. The number of ether oxygens (including phenoxy) is 2. The molecule has 0 radical (unpaired) electrons. The number of hydrogen-bond donors (Lipinski definition) is 1. The van der Waals surface area contributed by atoms with Gasteiger partial charge < -0.3 is 14.8 Å². The number of hydrogen-bond acceptors (Lipinski definition) is 3. The highest BCUT2D eigenvalue weighted by atomic mass is 16.5. The maximum atomic E-state index is 11.4. The molecular weight excluding hydrogens is 230 g/mol. The predicted octanol–water partition coefficient (Wildman–Crippen LogP) is 2.62. The molecule has 0 aromatic rings. The predicted molar refractivity (Wildman–Crippen MR) is 75.7 cm³/mol. The van der Waals surface area contributed by atoms with Crippen molar-refractivity contribution in [3.63, 3.8) is 0 Å². The minimum Gasteiger partial charge on any atom is -0.382 e. The summed E-state index contributed by atoms with van der Waals surface area (Å²) in [5, 5.41) is 2.86. The molecule has 18 heavy (non-hydrogen) atoms. The second-order valence-corrected chi connectivity index (χ2v) is 4.80. The first-order valence-corrected chi connectivity index (χ1v) is 7.09. The van der Waals surface area contributed by atoms with Gasteiger partial charge in [0, 0.05) is 34.2 Å². The first-order valence-electron chi connectivity index (χ1n) is 7.09. The molecular formula is C14H31NO3. The highest BCUT2D eigenvalue weighted by Gasteiger charge is 2.00. The van der Waals surface area contributed by atoms with Crippen molar-refractivity contribution in [2.24, 2.45) is 5.92 Å². The molecule has 0 unspecified atom stereocenters. The molecule has 1 N–H and O–H groups in total. The summed E-state index contributed by atoms with van der Waals surface area (Å²) in [5.74, 6) is 0.781. The first-order chi connectivity index (χ1) is 8.66. The van der Waals surface area contributed by atoms with Crippen molar-refractivity contribution in [2.75, 3.05) is 33.0 Å². The van der Waals surface area contributed by atoms with Crippen LogP contribution in [0, 0.1) is 5.92 Å². The standard InChI is InChI=1S/C14H29NO3.H2/c1-4-17-10-6-5-7-14(16)15-9-12-18-11-8-13(2)3;/h13H,4-12H2,1-3H3,(H,15,16);1H. The van der Waals surface area contributed by atoms with E-state index in [2.05, 4.69) is 19.2 Å². The van der Waals surface area contributed by atoms with Crippen molar-refractivity contribution < 1.29 is 15.7 Å². The van der Waals surface area contributed by atoms with Gasteiger partial charge in [-0.05, 0) is 32.1 Å². The van der Waals surface area contributed by atoms with E-state index in [4.69, 9.17) is 9.47 Å². The third kappa shape index (κ3) is 13.5. The van der Waals surface area contributed by atoms with Crippen LogP contribution in [0.1, 0.15) is 47.9 Å². The Morgan fingerprint density at radius 1 is 1.17 bits per heavy atom. The minimum absolute atomic E-state index is 0. The number of amides is 1. The molecule has 110 valence electrons. The SMILES string of the molecule is CCOCCCCC(=O)NCCOCCC(C)C.[HH]. The largest absolute Gasteiger partial charge is 0.382 e. The molecule has 0 atom stereocenters. The van der Waals surface area contributed by atoms with Crippen LogP contribution in [0.15, 0.2) is 0 Å². The fraction of sp³-hybridized carbons (Fsp3) is 0.929. The average molecular weight is 261 g/mol. The van der Waals surface area contributed by atoms with E-state index in [1.54, 1.807) is 0 Å². The van der Waals surface area contributed by atoms with Gasteiger partial charge in [0.25, 0.3) is 0 Å². The highest BCUT2D eigenvalue weighted by molar-refractivity contribution is 5.75. The second-order valence-electron chi connectivity index (χ2n) is 4.80. The van der Waals surface area contributed by atoms with Crippen LogP contribution >= 0.6 is 0 Å². The molecule has 0 saturated carbocycles. The van der Waals surface area contributed by atoms with Crippen LogP contribution in [0.5, 0.6) is 0 Å². The van der Waals surface area contributed by atoms with E-state index in [9.17, 15) is 4.79 Å². The van der Waals surface area contributed by atoms with E-state index in [-0.39, 0.29) is 7.33 Å². The third-order valence-corrected chi connectivity index (χ3v) is 2.55. The molecule has 0 aromatic heterocycles. The maximum absolute atomic E-state index is 11.4. The van der Waals surface area contributed by atoms with Crippen molar-refractivity contribution in [3.8, 4) is 0 Å². The van der Waals surface area contributed by atoms with Crippen LogP contribution in [0.3, 0.4) is 0 Å². The maximum Gasteiger partial charge on any atom is 0.220 e. The Labute approximate surface area is 113 Å². The summed E-state index contributed by atoms with van der Waals surface area (Å²) in [6, 6.07) is 0. The van der Waals surface area contributed by atoms with Crippen LogP contribution in [0.25, 0.3) is 0 Å². The molecule has 4 nitrogen and oxygen atoms in total. The summed E-state index contributed by atoms with van der Waals surface area (Å²) in [5.41, 5.74) is 0. The fourth-order valence-electron chi connectivity index (χ4n) is 1.41. The summed E-state index contributed by atoms with van der Waals surface area (Å²) in [6.07, 6.45) is 3.50. The smallest absolute Gasteiger partial charge is 0.220 e. The lowest BCUT2D eigenvalue weighted by atomic mass is 10.1. The van der Waals surface area contributed by atoms with Gasteiger partial charge in [0.2, 0.25) is 5.91 Å². The minimum atomic E-state index is 0. The van der Waals surface area contributed by atoms with Crippen molar-refractivity contribution in [2.45, 2.75) is 46.5 Å². The lowest BCUT2D eigenvalue weighted by Gasteiger charge is -2.07. The Balaban J connectivity index is 0. The molecule has 0 aliphatic rings. The zero-order valence-corrected chi connectivity index (χ0v) is 12.2. The van der Waals surface area contributed by atoms with Crippen LogP contribution in [-0.4, -0.2) is 38.9 Å². The van der Waals surface area contributed by atoms with Gasteiger partial charge in [0.15, 0.2) is 0 Å². The fourth-order valence-corrected chi connectivity index (χ4v) is 1.41. The molecule has 0 aliphatic heterocycles. The van der Waals surface area contributed by atoms with Crippen molar-refractivity contribution in [3.05, 3.63) is 0 Å². The van der Waals surface area contributed by atoms with Gasteiger partial charge in [-0.25, -0.2) is 0 Å². The van der Waals surface area contributed by atoms with Gasteiger partial charge in [-0.3, -0.25) is 4.79 Å². The molecule has 0 saturated heterocycles. The summed E-state index contributed by atoms with van der Waals surface area (Å²) in [7, 11) is 0. The Morgan fingerprint density at radius 2 is 1.94 bits per heavy atom. The summed E-state index contributed by atoms with van der Waals surface area (Å²) in [6.45, 7) is 9.83. The monoisotopic (exact) mass is 261 g/mol. The van der Waals surface area contributed by atoms with E-state index in [1.807, 2.05) is 6.92 Å². The first kappa shape index (κ1) is 17.4. The van der Waals surface area contributed by atoms with Gasteiger partial charge in [-0.15, -0.1) is 0 Å². The van der Waals surface area contributed by atoms with E-state index in [1.165, 1.54) is 0 Å². The van der Waals surface area contributed by atoms with Crippen LogP contribution in [-0.2, 0) is 14.3 Å². The molecule has 0 bridgehead atoms. The molecule has 0 aromatic carbocycles. The molecule has 0 aliphatic carbocycles. The van der Waals surface area contributed by atoms with E-state index >= 15 is 0 Å². The van der Waals surface area contributed by atoms with Crippen LogP contribution in [0.2, 0.25) is 0 Å². The molecule has 4 heteroatoms. The Morgan fingerprint density at radius 3 is 2.61 bits per heavy atom. The number of carbonyl (C=O) groups excluding carboxylic acids is 1. The van der Waals surface area contributed by atoms with Gasteiger partial charge in [-0.1, -0.05) is 13.8 Å². The van der Waals surface area contributed by atoms with Gasteiger partial charge in [0.05, 0.1) is 6.61 Å². The zero-order chi connectivity index (χ0) is 13.6. The highest BCUT2D eigenvalue weighted by Crippen LogP contribution is 1.98. The number of rotatable bonds is 12. The number of unbranched alkanes of at least 4 members (excludes halogenated alkanes) is 1. The van der Waals surface area contributed by atoms with E-state index in [0.717, 1.165) is 39.1 Å². The molecule has 0 rings (SSSR count). The average Bonchev–Trinajstić information content (AvgIpc) is 2.33. The quantitative estimate of drug-likeness (QED) is 0.549. The van der Waals surface area contributed by atoms with Crippen molar-refractivity contribution in [1.29, 1.82) is 0 Å². The topological polar surface area (TPSA) is 47.6 Å². The molecule has 0 spiro atoms. The zero-order valence-electron chi connectivity index (χ0n) is 12.2. The van der Waals surface area contributed by atoms with Crippen molar-refractivity contribution in [1.82, 2.24) is 5.32 Å². The molecule has 1 amide bonds. The third-order valence-electron chi connectivity index (χ3n) is 2.55. The van der Waals surface area contributed by atoms with Crippen LogP contribution < -0.4 is 5.32 Å². The van der Waals surface area contributed by atoms with Gasteiger partial charge in [0.1, 0.15) is 0 Å². The number of nitrogens with one attached hydrogen (secondary N) is 1. The lowest BCUT2D eigenvalue weighted by molar-refractivity contribution is -0.121. The summed E-state index contributed by atoms with van der Waals surface area (Å²) in [4.78, 5) is 11.4. The lowest BCUT2D eigenvalue weighted by Crippen LogP contribution is -2.27. The summed E-state index contributed by atoms with van der Waals surface area (Å²) < 4.78 is 10.6. The van der Waals surface area contributed by atoms with Gasteiger partial charge in [-0.2, -0.15) is 0 Å². The van der Waals surface area contributed by atoms with Crippen molar-refractivity contribution >= 4 is 5.91 Å². The van der Waals surface area contributed by atoms with E-state index < -0.39 is 0 Å². The number of carbonyl (C=O) groups is 1. The van der Waals surface area contributed by atoms with Crippen LogP contribution in [0.4, 0.5) is 0 Å². The second kappa shape index (κ2) is 12.8. The Kier molecular flexibility index (Phi) is 12.4. The Hall–Kier alpha value is -0.610. The normalized spacial score (nSPS) is 10.9. The Bertz CT molecular complexity index is 201. The van der Waals surface area contributed by atoms with E-state index in [0.29, 0.717) is 25.5 Å². The molecule has 0 heterocycles.